The number of hydrogen-bond donors (Lipinski definition) is 1. The van der Waals surface area contributed by atoms with Crippen molar-refractivity contribution in [2.75, 3.05) is 7.11 Å². The van der Waals surface area contributed by atoms with Gasteiger partial charge in [-0.1, -0.05) is 23.7 Å². The molecular weight excluding hydrogens is 223 g/mol. The van der Waals surface area contributed by atoms with Crippen LogP contribution >= 0.6 is 11.6 Å². The second-order valence-electron chi connectivity index (χ2n) is 2.87. The fourth-order valence-corrected chi connectivity index (χ4v) is 1.44. The second kappa shape index (κ2) is 5.09. The van der Waals surface area contributed by atoms with E-state index in [1.54, 1.807) is 0 Å². The van der Waals surface area contributed by atoms with Gasteiger partial charge in [0, 0.05) is 10.6 Å². The van der Waals surface area contributed by atoms with Gasteiger partial charge < -0.3 is 9.84 Å². The van der Waals surface area contributed by atoms with Crippen molar-refractivity contribution in [2.24, 2.45) is 0 Å². The maximum Gasteiger partial charge on any atom is 0.339 e. The highest BCUT2D eigenvalue weighted by Gasteiger charge is 2.22. The van der Waals surface area contributed by atoms with Crippen LogP contribution in [-0.4, -0.2) is 18.2 Å². The van der Waals surface area contributed by atoms with Gasteiger partial charge in [-0.3, -0.25) is 0 Å². The molecule has 0 fully saturated rings. The van der Waals surface area contributed by atoms with E-state index in [1.807, 2.05) is 0 Å². The number of hydrogen-bond acceptors (Lipinski definition) is 3. The van der Waals surface area contributed by atoms with Gasteiger partial charge in [-0.05, 0) is 11.6 Å². The minimum atomic E-state index is -1.50. The summed E-state index contributed by atoms with van der Waals surface area (Å²) in [5.74, 6) is -0.841. The molecule has 1 N–H and O–H groups in total. The molecule has 0 amide bonds. The Hall–Kier alpha value is -1.13. The Labute approximate surface area is 91.4 Å². The monoisotopic (exact) mass is 232 g/mol. The number of aliphatic hydroxyl groups excluding tert-OH is 1. The lowest BCUT2D eigenvalue weighted by molar-refractivity contribution is -0.150. The first-order valence-electron chi connectivity index (χ1n) is 4.21. The van der Waals surface area contributed by atoms with Crippen molar-refractivity contribution in [3.8, 4) is 0 Å². The maximum atomic E-state index is 12.6. The van der Waals surface area contributed by atoms with Crippen LogP contribution in [0, 0.1) is 0 Å². The minimum absolute atomic E-state index is 0.108. The molecular formula is C10H10ClFO3. The molecule has 1 atom stereocenters. The Morgan fingerprint density at radius 1 is 1.67 bits per heavy atom. The number of carbonyl (C=O) groups is 1. The summed E-state index contributed by atoms with van der Waals surface area (Å²) >= 11 is 5.72. The van der Waals surface area contributed by atoms with E-state index in [-0.39, 0.29) is 16.1 Å². The Morgan fingerprint density at radius 2 is 2.33 bits per heavy atom. The molecule has 0 heterocycles. The lowest BCUT2D eigenvalue weighted by Gasteiger charge is -2.12. The van der Waals surface area contributed by atoms with Crippen LogP contribution < -0.4 is 0 Å². The Balaban J connectivity index is 3.13. The largest absolute Gasteiger partial charge is 0.467 e. The fourth-order valence-electron chi connectivity index (χ4n) is 1.21. The van der Waals surface area contributed by atoms with Crippen LogP contribution in [0.1, 0.15) is 17.2 Å². The molecule has 0 bridgehead atoms. The highest BCUT2D eigenvalue weighted by Crippen LogP contribution is 2.26. The lowest BCUT2D eigenvalue weighted by Crippen LogP contribution is -2.15. The number of carbonyl (C=O) groups excluding carboxylic acids is 1. The zero-order valence-electron chi connectivity index (χ0n) is 8.04. The van der Waals surface area contributed by atoms with Crippen LogP contribution in [0.2, 0.25) is 5.02 Å². The van der Waals surface area contributed by atoms with Gasteiger partial charge in [0.25, 0.3) is 0 Å². The van der Waals surface area contributed by atoms with Crippen LogP contribution in [0.5, 0.6) is 0 Å². The SMILES string of the molecule is COC(=O)C(O)c1cccc(Cl)c1CF. The quantitative estimate of drug-likeness (QED) is 0.811. The summed E-state index contributed by atoms with van der Waals surface area (Å²) in [7, 11) is 1.14. The van der Waals surface area contributed by atoms with Gasteiger partial charge in [-0.15, -0.1) is 0 Å². The average Bonchev–Trinajstić information content (AvgIpc) is 2.26. The van der Waals surface area contributed by atoms with Crippen LogP contribution in [0.3, 0.4) is 0 Å². The predicted molar refractivity (Wildman–Crippen MR) is 53.2 cm³/mol. The van der Waals surface area contributed by atoms with E-state index in [2.05, 4.69) is 4.74 Å². The number of halogens is 2. The summed E-state index contributed by atoms with van der Waals surface area (Å²) < 4.78 is 17.0. The van der Waals surface area contributed by atoms with Crippen LogP contribution in [0.4, 0.5) is 4.39 Å². The van der Waals surface area contributed by atoms with Gasteiger partial charge in [0.2, 0.25) is 0 Å². The van der Waals surface area contributed by atoms with E-state index >= 15 is 0 Å². The third-order valence-corrected chi connectivity index (χ3v) is 2.36. The van der Waals surface area contributed by atoms with Crippen molar-refractivity contribution >= 4 is 17.6 Å². The molecule has 1 rings (SSSR count). The molecule has 1 aromatic carbocycles. The topological polar surface area (TPSA) is 46.5 Å². The summed E-state index contributed by atoms with van der Waals surface area (Å²) in [6.07, 6.45) is -1.50. The number of benzene rings is 1. The Morgan fingerprint density at radius 3 is 2.87 bits per heavy atom. The van der Waals surface area contributed by atoms with Crippen molar-refractivity contribution in [1.29, 1.82) is 0 Å². The van der Waals surface area contributed by atoms with E-state index in [1.165, 1.54) is 18.2 Å². The number of rotatable bonds is 3. The molecule has 0 radical (unpaired) electrons. The van der Waals surface area contributed by atoms with Crippen molar-refractivity contribution in [3.05, 3.63) is 34.3 Å². The smallest absolute Gasteiger partial charge is 0.339 e. The third kappa shape index (κ3) is 2.46. The zero-order chi connectivity index (χ0) is 11.4. The van der Waals surface area contributed by atoms with Crippen molar-refractivity contribution in [1.82, 2.24) is 0 Å². The molecule has 1 aromatic rings. The van der Waals surface area contributed by atoms with E-state index in [9.17, 15) is 14.3 Å². The summed E-state index contributed by atoms with van der Waals surface area (Å²) in [6, 6.07) is 4.45. The predicted octanol–water partition coefficient (Wildman–Crippen LogP) is 2.02. The highest BCUT2D eigenvalue weighted by atomic mass is 35.5. The Bertz CT molecular complexity index is 368. The van der Waals surface area contributed by atoms with Gasteiger partial charge in [-0.25, -0.2) is 9.18 Å². The van der Waals surface area contributed by atoms with Gasteiger partial charge in [-0.2, -0.15) is 0 Å². The fraction of sp³-hybridized carbons (Fsp3) is 0.300. The molecule has 0 aliphatic heterocycles. The minimum Gasteiger partial charge on any atom is -0.467 e. The molecule has 0 aromatic heterocycles. The molecule has 0 aliphatic carbocycles. The molecule has 82 valence electrons. The number of methoxy groups -OCH3 is 1. The average molecular weight is 233 g/mol. The number of ether oxygens (including phenoxy) is 1. The van der Waals surface area contributed by atoms with E-state index in [4.69, 9.17) is 11.6 Å². The number of alkyl halides is 1. The highest BCUT2D eigenvalue weighted by molar-refractivity contribution is 6.31. The van der Waals surface area contributed by atoms with Crippen molar-refractivity contribution in [3.63, 3.8) is 0 Å². The van der Waals surface area contributed by atoms with E-state index < -0.39 is 18.7 Å². The molecule has 0 spiro atoms. The number of aliphatic hydroxyl groups is 1. The van der Waals surface area contributed by atoms with Crippen LogP contribution in [0.25, 0.3) is 0 Å². The third-order valence-electron chi connectivity index (χ3n) is 2.01. The summed E-state index contributed by atoms with van der Waals surface area (Å²) in [5.41, 5.74) is 0.244. The Kier molecular flexibility index (Phi) is 4.05. The van der Waals surface area contributed by atoms with E-state index in [0.717, 1.165) is 7.11 Å². The van der Waals surface area contributed by atoms with Crippen molar-refractivity contribution in [2.45, 2.75) is 12.8 Å². The first-order valence-corrected chi connectivity index (χ1v) is 4.58. The van der Waals surface area contributed by atoms with E-state index in [0.29, 0.717) is 0 Å². The molecule has 3 nitrogen and oxygen atoms in total. The lowest BCUT2D eigenvalue weighted by atomic mass is 10.0. The van der Waals surface area contributed by atoms with Gasteiger partial charge in [0.05, 0.1) is 7.11 Å². The van der Waals surface area contributed by atoms with Crippen molar-refractivity contribution < 1.29 is 19.0 Å². The molecule has 0 aliphatic rings. The second-order valence-corrected chi connectivity index (χ2v) is 3.27. The molecule has 5 heteroatoms. The summed E-state index contributed by atoms with van der Waals surface area (Å²) in [5, 5.41) is 9.70. The first-order chi connectivity index (χ1) is 7.11. The summed E-state index contributed by atoms with van der Waals surface area (Å²) in [6.45, 7) is -0.844. The standard InChI is InChI=1S/C10H10ClFO3/c1-15-10(14)9(13)6-3-2-4-8(11)7(6)5-12/h2-4,9,13H,5H2,1H3. The normalized spacial score (nSPS) is 12.3. The molecule has 1 unspecified atom stereocenters. The van der Waals surface area contributed by atoms with Gasteiger partial charge in [0.1, 0.15) is 6.67 Å². The molecule has 0 saturated heterocycles. The number of esters is 1. The molecule has 15 heavy (non-hydrogen) atoms. The van der Waals surface area contributed by atoms with Gasteiger partial charge in [0.15, 0.2) is 6.10 Å². The first kappa shape index (κ1) is 11.9. The van der Waals surface area contributed by atoms with Crippen LogP contribution in [-0.2, 0) is 16.2 Å². The van der Waals surface area contributed by atoms with Crippen LogP contribution in [0.15, 0.2) is 18.2 Å². The van der Waals surface area contributed by atoms with Gasteiger partial charge >= 0.3 is 5.97 Å². The molecule has 0 saturated carbocycles. The maximum absolute atomic E-state index is 12.6. The zero-order valence-corrected chi connectivity index (χ0v) is 8.79. The summed E-state index contributed by atoms with van der Waals surface area (Å²) in [4.78, 5) is 11.1.